The second-order valence-corrected chi connectivity index (χ2v) is 18.5. The van der Waals surface area contributed by atoms with Crippen LogP contribution < -0.4 is 0 Å². The van der Waals surface area contributed by atoms with Crippen LogP contribution >= 0.6 is 0 Å². The Morgan fingerprint density at radius 3 is 0.820 bits per heavy atom. The third kappa shape index (κ3) is 49.0. The smallest absolute Gasteiger partial charge is 0.306 e. The molecule has 0 aromatic heterocycles. The van der Waals surface area contributed by atoms with E-state index >= 15 is 0 Å². The van der Waals surface area contributed by atoms with Crippen molar-refractivity contribution in [1.29, 1.82) is 0 Å². The molecule has 1 unspecified atom stereocenters. The molecule has 0 aliphatic rings. The number of carbonyl (C=O) groups excluding carboxylic acids is 3. The maximum absolute atomic E-state index is 12.8. The predicted molar refractivity (Wildman–Crippen MR) is 261 cm³/mol. The molecule has 0 heterocycles. The van der Waals surface area contributed by atoms with Gasteiger partial charge in [0.15, 0.2) is 6.10 Å². The van der Waals surface area contributed by atoms with Crippen molar-refractivity contribution in [3.8, 4) is 0 Å². The standard InChI is InChI=1S/C55H104O6/c1-4-7-10-13-16-19-22-25-26-27-28-31-33-36-39-42-45-48-54(57)60-51-52(61-55(58)49-46-43-40-37-34-30-24-21-18-15-12-9-6-3)50-59-53(56)47-44-41-38-35-32-29-23-20-17-14-11-8-5-2/h25-26,52H,4-24,27-51H2,1-3H3/b26-25-. The van der Waals surface area contributed by atoms with Gasteiger partial charge in [-0.1, -0.05) is 251 Å². The van der Waals surface area contributed by atoms with Gasteiger partial charge in [0.05, 0.1) is 0 Å². The molecule has 6 heteroatoms. The molecule has 360 valence electrons. The number of esters is 3. The van der Waals surface area contributed by atoms with E-state index in [-0.39, 0.29) is 31.1 Å². The predicted octanol–water partition coefficient (Wildman–Crippen LogP) is 17.8. The molecule has 0 radical (unpaired) electrons. The van der Waals surface area contributed by atoms with E-state index in [0.717, 1.165) is 57.8 Å². The fourth-order valence-electron chi connectivity index (χ4n) is 8.14. The van der Waals surface area contributed by atoms with Crippen LogP contribution in [0.15, 0.2) is 12.2 Å². The summed E-state index contributed by atoms with van der Waals surface area (Å²) in [5.41, 5.74) is 0. The van der Waals surface area contributed by atoms with Gasteiger partial charge in [-0.15, -0.1) is 0 Å². The van der Waals surface area contributed by atoms with Gasteiger partial charge in [-0.2, -0.15) is 0 Å². The van der Waals surface area contributed by atoms with Crippen molar-refractivity contribution < 1.29 is 28.6 Å². The van der Waals surface area contributed by atoms with Gasteiger partial charge in [0.25, 0.3) is 0 Å². The first-order valence-corrected chi connectivity index (χ1v) is 27.2. The molecule has 0 bridgehead atoms. The van der Waals surface area contributed by atoms with Gasteiger partial charge in [0.2, 0.25) is 0 Å². The fraction of sp³-hybridized carbons (Fsp3) is 0.909. The quantitative estimate of drug-likeness (QED) is 0.0262. The van der Waals surface area contributed by atoms with Crippen LogP contribution in [0, 0.1) is 0 Å². The molecule has 0 aliphatic carbocycles. The molecule has 0 fully saturated rings. The lowest BCUT2D eigenvalue weighted by atomic mass is 10.0. The topological polar surface area (TPSA) is 78.9 Å². The summed E-state index contributed by atoms with van der Waals surface area (Å²) in [4.78, 5) is 38.0. The van der Waals surface area contributed by atoms with Crippen LogP contribution in [0.2, 0.25) is 0 Å². The molecule has 0 N–H and O–H groups in total. The van der Waals surface area contributed by atoms with E-state index in [0.29, 0.717) is 19.3 Å². The molecular weight excluding hydrogens is 757 g/mol. The van der Waals surface area contributed by atoms with E-state index in [4.69, 9.17) is 14.2 Å². The minimum Gasteiger partial charge on any atom is -0.462 e. The maximum atomic E-state index is 12.8. The summed E-state index contributed by atoms with van der Waals surface area (Å²) in [6.45, 7) is 6.67. The minimum absolute atomic E-state index is 0.0657. The van der Waals surface area contributed by atoms with Crippen LogP contribution in [0.3, 0.4) is 0 Å². The number of unbranched alkanes of at least 4 members (excludes halogenated alkanes) is 37. The maximum Gasteiger partial charge on any atom is 0.306 e. The lowest BCUT2D eigenvalue weighted by molar-refractivity contribution is -0.167. The summed E-state index contributed by atoms with van der Waals surface area (Å²) < 4.78 is 16.8. The lowest BCUT2D eigenvalue weighted by Crippen LogP contribution is -2.30. The van der Waals surface area contributed by atoms with Crippen LogP contribution in [0.5, 0.6) is 0 Å². The van der Waals surface area contributed by atoms with Crippen LogP contribution in [-0.4, -0.2) is 37.2 Å². The van der Waals surface area contributed by atoms with Gasteiger partial charge in [0.1, 0.15) is 13.2 Å². The molecule has 0 saturated heterocycles. The summed E-state index contributed by atoms with van der Waals surface area (Å²) in [5, 5.41) is 0. The van der Waals surface area contributed by atoms with Gasteiger partial charge in [-0.3, -0.25) is 14.4 Å². The Morgan fingerprint density at radius 2 is 0.541 bits per heavy atom. The second-order valence-electron chi connectivity index (χ2n) is 18.5. The highest BCUT2D eigenvalue weighted by Gasteiger charge is 2.19. The zero-order chi connectivity index (χ0) is 44.4. The zero-order valence-electron chi connectivity index (χ0n) is 41.2. The Labute approximate surface area is 380 Å². The normalized spacial score (nSPS) is 12.0. The summed E-state index contributed by atoms with van der Waals surface area (Å²) in [5.74, 6) is -0.851. The number of carbonyl (C=O) groups is 3. The Balaban J connectivity index is 4.31. The summed E-state index contributed by atoms with van der Waals surface area (Å²) in [6.07, 6.45) is 56.2. The molecule has 0 aromatic rings. The van der Waals surface area contributed by atoms with Crippen molar-refractivity contribution in [3.05, 3.63) is 12.2 Å². The zero-order valence-corrected chi connectivity index (χ0v) is 41.2. The fourth-order valence-corrected chi connectivity index (χ4v) is 8.14. The number of rotatable bonds is 50. The summed E-state index contributed by atoms with van der Waals surface area (Å²) >= 11 is 0. The molecule has 0 saturated carbocycles. The summed E-state index contributed by atoms with van der Waals surface area (Å²) in [7, 11) is 0. The molecular formula is C55H104O6. The highest BCUT2D eigenvalue weighted by molar-refractivity contribution is 5.71. The van der Waals surface area contributed by atoms with E-state index < -0.39 is 6.10 Å². The average Bonchev–Trinajstić information content (AvgIpc) is 3.26. The Morgan fingerprint density at radius 1 is 0.311 bits per heavy atom. The third-order valence-corrected chi connectivity index (χ3v) is 12.3. The highest BCUT2D eigenvalue weighted by atomic mass is 16.6. The van der Waals surface area contributed by atoms with E-state index in [2.05, 4.69) is 32.9 Å². The number of hydrogen-bond acceptors (Lipinski definition) is 6. The Bertz CT molecular complexity index is 947. The van der Waals surface area contributed by atoms with Gasteiger partial charge in [0, 0.05) is 19.3 Å². The van der Waals surface area contributed by atoms with Gasteiger partial charge >= 0.3 is 17.9 Å². The van der Waals surface area contributed by atoms with Crippen molar-refractivity contribution in [2.45, 2.75) is 309 Å². The first kappa shape index (κ1) is 59.1. The van der Waals surface area contributed by atoms with Gasteiger partial charge in [-0.05, 0) is 44.9 Å². The molecule has 6 nitrogen and oxygen atoms in total. The highest BCUT2D eigenvalue weighted by Crippen LogP contribution is 2.16. The van der Waals surface area contributed by atoms with Crippen molar-refractivity contribution in [2.75, 3.05) is 13.2 Å². The van der Waals surface area contributed by atoms with Crippen molar-refractivity contribution in [3.63, 3.8) is 0 Å². The first-order valence-electron chi connectivity index (χ1n) is 27.2. The van der Waals surface area contributed by atoms with E-state index in [1.807, 2.05) is 0 Å². The van der Waals surface area contributed by atoms with Crippen LogP contribution in [-0.2, 0) is 28.6 Å². The number of ether oxygens (including phenoxy) is 3. The Kier molecular flexibility index (Phi) is 49.3. The molecule has 0 rings (SSSR count). The van der Waals surface area contributed by atoms with Crippen molar-refractivity contribution in [2.24, 2.45) is 0 Å². The summed E-state index contributed by atoms with van der Waals surface area (Å²) in [6, 6.07) is 0. The van der Waals surface area contributed by atoms with Gasteiger partial charge in [-0.25, -0.2) is 0 Å². The first-order chi connectivity index (χ1) is 30.0. The van der Waals surface area contributed by atoms with Crippen LogP contribution in [0.25, 0.3) is 0 Å². The van der Waals surface area contributed by atoms with E-state index in [1.165, 1.54) is 205 Å². The van der Waals surface area contributed by atoms with Crippen molar-refractivity contribution >= 4 is 17.9 Å². The molecule has 0 aromatic carbocycles. The molecule has 61 heavy (non-hydrogen) atoms. The average molecular weight is 861 g/mol. The largest absolute Gasteiger partial charge is 0.462 e. The van der Waals surface area contributed by atoms with Crippen molar-refractivity contribution in [1.82, 2.24) is 0 Å². The molecule has 1 atom stereocenters. The monoisotopic (exact) mass is 861 g/mol. The molecule has 0 aliphatic heterocycles. The molecule has 0 amide bonds. The second kappa shape index (κ2) is 50.8. The SMILES string of the molecule is CCCCCCCC/C=C\CCCCCCCCCC(=O)OCC(COC(=O)CCCCCCCCCCCCCCC)OC(=O)CCCCCCCCCCCCCCC. The lowest BCUT2D eigenvalue weighted by Gasteiger charge is -2.18. The number of hydrogen-bond donors (Lipinski definition) is 0. The van der Waals surface area contributed by atoms with Crippen LogP contribution in [0.1, 0.15) is 303 Å². The van der Waals surface area contributed by atoms with E-state index in [1.54, 1.807) is 0 Å². The molecule has 0 spiro atoms. The minimum atomic E-state index is -0.764. The Hall–Kier alpha value is -1.85. The van der Waals surface area contributed by atoms with E-state index in [9.17, 15) is 14.4 Å². The number of allylic oxidation sites excluding steroid dienone is 2. The third-order valence-electron chi connectivity index (χ3n) is 12.3. The van der Waals surface area contributed by atoms with Crippen LogP contribution in [0.4, 0.5) is 0 Å². The van der Waals surface area contributed by atoms with Gasteiger partial charge < -0.3 is 14.2 Å².